The summed E-state index contributed by atoms with van der Waals surface area (Å²) < 4.78 is 1.95. The van der Waals surface area contributed by atoms with Gasteiger partial charge in [0, 0.05) is 12.0 Å². The van der Waals surface area contributed by atoms with Gasteiger partial charge in [-0.1, -0.05) is 19.3 Å². The monoisotopic (exact) mass is 271 g/mol. The average molecular weight is 271 g/mol. The van der Waals surface area contributed by atoms with Gasteiger partial charge < -0.3 is 10.7 Å². The van der Waals surface area contributed by atoms with Crippen molar-refractivity contribution in [1.82, 2.24) is 29.5 Å². The Hall–Kier alpha value is -2.02. The number of imidazole rings is 1. The fourth-order valence-corrected chi connectivity index (χ4v) is 3.16. The predicted octanol–water partition coefficient (Wildman–Crippen LogP) is 1.38. The van der Waals surface area contributed by atoms with Crippen LogP contribution in [0.25, 0.3) is 16.8 Å². The molecule has 20 heavy (non-hydrogen) atoms. The molecule has 1 saturated carbocycles. The molecule has 0 aromatic carbocycles. The summed E-state index contributed by atoms with van der Waals surface area (Å²) in [5.41, 5.74) is 8.60. The lowest BCUT2D eigenvalue weighted by Crippen LogP contribution is -2.28. The van der Waals surface area contributed by atoms with Gasteiger partial charge in [0.15, 0.2) is 11.3 Å². The number of H-pyrrole nitrogens is 1. The minimum Gasteiger partial charge on any atom is -0.340 e. The third-order valence-electron chi connectivity index (χ3n) is 4.26. The number of aromatic nitrogens is 6. The summed E-state index contributed by atoms with van der Waals surface area (Å²) in [4.78, 5) is 11.6. The number of fused-ring (bicyclic) bond motifs is 3. The fourth-order valence-electron chi connectivity index (χ4n) is 3.16. The molecule has 3 N–H and O–H groups in total. The van der Waals surface area contributed by atoms with E-state index in [1.807, 2.05) is 4.40 Å². The second-order valence-electron chi connectivity index (χ2n) is 5.51. The molecule has 0 saturated heterocycles. The molecule has 0 spiro atoms. The highest BCUT2D eigenvalue weighted by Crippen LogP contribution is 2.30. The lowest BCUT2D eigenvalue weighted by Gasteiger charge is -2.19. The zero-order valence-electron chi connectivity index (χ0n) is 11.2. The molecule has 0 aliphatic heterocycles. The first kappa shape index (κ1) is 11.8. The van der Waals surface area contributed by atoms with Crippen LogP contribution in [0.15, 0.2) is 12.7 Å². The first-order valence-corrected chi connectivity index (χ1v) is 7.13. The molecule has 2 atom stereocenters. The van der Waals surface area contributed by atoms with Crippen molar-refractivity contribution in [1.29, 1.82) is 0 Å². The van der Waals surface area contributed by atoms with E-state index in [1.165, 1.54) is 19.3 Å². The zero-order chi connectivity index (χ0) is 13.5. The van der Waals surface area contributed by atoms with Crippen LogP contribution in [0, 0.1) is 0 Å². The predicted molar refractivity (Wildman–Crippen MR) is 74.2 cm³/mol. The second kappa shape index (κ2) is 4.52. The minimum absolute atomic E-state index is 0.155. The van der Waals surface area contributed by atoms with E-state index >= 15 is 0 Å². The van der Waals surface area contributed by atoms with Crippen LogP contribution in [0.5, 0.6) is 0 Å². The number of nitrogens with zero attached hydrogens (tertiary/aromatic N) is 5. The average Bonchev–Trinajstić information content (AvgIpc) is 3.03. The van der Waals surface area contributed by atoms with Crippen molar-refractivity contribution in [3.05, 3.63) is 18.5 Å². The molecule has 104 valence electrons. The highest BCUT2D eigenvalue weighted by molar-refractivity contribution is 5.84. The first-order valence-electron chi connectivity index (χ1n) is 7.13. The van der Waals surface area contributed by atoms with Gasteiger partial charge in [0.05, 0.1) is 6.33 Å². The van der Waals surface area contributed by atoms with Crippen LogP contribution < -0.4 is 5.73 Å². The molecular formula is C13H17N7. The van der Waals surface area contributed by atoms with E-state index in [9.17, 15) is 0 Å². The molecule has 0 bridgehead atoms. The Balaban J connectivity index is 1.86. The molecular weight excluding hydrogens is 254 g/mol. The molecule has 4 rings (SSSR count). The van der Waals surface area contributed by atoms with Crippen LogP contribution in [0.1, 0.15) is 43.8 Å². The molecule has 3 aromatic rings. The molecule has 2 unspecified atom stereocenters. The number of nitrogens with one attached hydrogen (secondary N) is 1. The highest BCUT2D eigenvalue weighted by atomic mass is 15.3. The van der Waals surface area contributed by atoms with Crippen LogP contribution >= 0.6 is 0 Å². The van der Waals surface area contributed by atoms with E-state index in [-0.39, 0.29) is 12.0 Å². The van der Waals surface area contributed by atoms with Crippen LogP contribution in [0.3, 0.4) is 0 Å². The normalized spacial score (nSPS) is 24.2. The Morgan fingerprint density at radius 1 is 1.15 bits per heavy atom. The van der Waals surface area contributed by atoms with Crippen molar-refractivity contribution >= 4 is 16.8 Å². The molecule has 1 aliphatic rings. The third kappa shape index (κ3) is 1.70. The molecule has 0 amide bonds. The van der Waals surface area contributed by atoms with Crippen molar-refractivity contribution in [2.24, 2.45) is 5.73 Å². The van der Waals surface area contributed by atoms with Gasteiger partial charge in [-0.25, -0.2) is 9.97 Å². The van der Waals surface area contributed by atoms with Gasteiger partial charge in [0.2, 0.25) is 0 Å². The molecule has 3 aromatic heterocycles. The Bertz CT molecular complexity index is 743. The molecule has 1 fully saturated rings. The maximum atomic E-state index is 6.33. The Kier molecular flexibility index (Phi) is 2.66. The molecule has 3 heterocycles. The second-order valence-corrected chi connectivity index (χ2v) is 5.51. The van der Waals surface area contributed by atoms with E-state index in [2.05, 4.69) is 25.1 Å². The van der Waals surface area contributed by atoms with Gasteiger partial charge in [-0.15, -0.1) is 10.2 Å². The fraction of sp³-hybridized carbons (Fsp3) is 0.538. The standard InChI is InChI=1S/C13H17N7/c14-9-5-3-1-2-4-8(9)12-18-19-13-10-11(16-6-15-10)17-7-20(12)13/h6-9H,1-5,14H2,(H,15,16). The number of hydrogen-bond donors (Lipinski definition) is 2. The lowest BCUT2D eigenvalue weighted by atomic mass is 9.95. The number of rotatable bonds is 1. The summed E-state index contributed by atoms with van der Waals surface area (Å²) in [6.45, 7) is 0. The summed E-state index contributed by atoms with van der Waals surface area (Å²) in [5, 5.41) is 8.69. The van der Waals surface area contributed by atoms with Crippen molar-refractivity contribution < 1.29 is 0 Å². The summed E-state index contributed by atoms with van der Waals surface area (Å²) in [6, 6.07) is 0.155. The SMILES string of the molecule is NC1CCCCCC1c1nnc2c3[nH]cnc3ncn12. The first-order chi connectivity index (χ1) is 9.84. The van der Waals surface area contributed by atoms with Gasteiger partial charge in [-0.2, -0.15) is 0 Å². The zero-order valence-corrected chi connectivity index (χ0v) is 11.2. The molecule has 1 aliphatic carbocycles. The Labute approximate surface area is 115 Å². The van der Waals surface area contributed by atoms with Crippen molar-refractivity contribution in [3.63, 3.8) is 0 Å². The Morgan fingerprint density at radius 2 is 2.05 bits per heavy atom. The maximum absolute atomic E-state index is 6.33. The van der Waals surface area contributed by atoms with Crippen molar-refractivity contribution in [3.8, 4) is 0 Å². The van der Waals surface area contributed by atoms with Crippen LogP contribution in [-0.4, -0.2) is 35.6 Å². The third-order valence-corrected chi connectivity index (χ3v) is 4.26. The van der Waals surface area contributed by atoms with Gasteiger partial charge >= 0.3 is 0 Å². The molecule has 7 heteroatoms. The minimum atomic E-state index is 0.155. The maximum Gasteiger partial charge on any atom is 0.189 e. The smallest absolute Gasteiger partial charge is 0.189 e. The van der Waals surface area contributed by atoms with Crippen LogP contribution in [0.4, 0.5) is 0 Å². The quantitative estimate of drug-likeness (QED) is 0.651. The van der Waals surface area contributed by atoms with Gasteiger partial charge in [0.1, 0.15) is 17.7 Å². The highest BCUT2D eigenvalue weighted by Gasteiger charge is 2.27. The molecule has 7 nitrogen and oxygen atoms in total. The number of nitrogens with two attached hydrogens (primary N) is 1. The summed E-state index contributed by atoms with van der Waals surface area (Å²) in [6.07, 6.45) is 9.17. The largest absolute Gasteiger partial charge is 0.340 e. The number of aromatic amines is 1. The van der Waals surface area contributed by atoms with Crippen molar-refractivity contribution in [2.45, 2.75) is 44.1 Å². The summed E-state index contributed by atoms with van der Waals surface area (Å²) in [5.74, 6) is 1.19. The topological polar surface area (TPSA) is 97.8 Å². The summed E-state index contributed by atoms with van der Waals surface area (Å²) in [7, 11) is 0. The van der Waals surface area contributed by atoms with E-state index in [4.69, 9.17) is 5.73 Å². The van der Waals surface area contributed by atoms with Gasteiger partial charge in [-0.05, 0) is 12.8 Å². The van der Waals surface area contributed by atoms with E-state index in [1.54, 1.807) is 12.7 Å². The number of hydrogen-bond acceptors (Lipinski definition) is 5. The van der Waals surface area contributed by atoms with E-state index in [0.717, 1.165) is 29.8 Å². The van der Waals surface area contributed by atoms with Crippen LogP contribution in [0.2, 0.25) is 0 Å². The van der Waals surface area contributed by atoms with Gasteiger partial charge in [0.25, 0.3) is 0 Å². The van der Waals surface area contributed by atoms with Gasteiger partial charge in [-0.3, -0.25) is 4.40 Å². The summed E-state index contributed by atoms with van der Waals surface area (Å²) >= 11 is 0. The van der Waals surface area contributed by atoms with Crippen molar-refractivity contribution in [2.75, 3.05) is 0 Å². The molecule has 0 radical (unpaired) electrons. The van der Waals surface area contributed by atoms with E-state index < -0.39 is 0 Å². The van der Waals surface area contributed by atoms with E-state index in [0.29, 0.717) is 5.65 Å². The van der Waals surface area contributed by atoms with Crippen LogP contribution in [-0.2, 0) is 0 Å². The lowest BCUT2D eigenvalue weighted by molar-refractivity contribution is 0.480. The Morgan fingerprint density at radius 3 is 3.00 bits per heavy atom.